The number of nitrogens with zero attached hydrogens (tertiary/aromatic N) is 1. The lowest BCUT2D eigenvalue weighted by atomic mass is 10.2. The highest BCUT2D eigenvalue weighted by Crippen LogP contribution is 2.24. The molecule has 1 aromatic rings. The van der Waals surface area contributed by atoms with Gasteiger partial charge in [-0.05, 0) is 47.3 Å². The SMILES string of the molecule is CCC(CC)Nc1nccc(C)c1Br. The van der Waals surface area contributed by atoms with Gasteiger partial charge < -0.3 is 5.32 Å². The van der Waals surface area contributed by atoms with Crippen LogP contribution in [0.2, 0.25) is 0 Å². The van der Waals surface area contributed by atoms with Crippen molar-refractivity contribution in [3.05, 3.63) is 22.3 Å². The molecule has 0 aliphatic heterocycles. The zero-order chi connectivity index (χ0) is 10.6. The largest absolute Gasteiger partial charge is 0.366 e. The Morgan fingerprint density at radius 1 is 1.43 bits per heavy atom. The molecule has 1 N–H and O–H groups in total. The van der Waals surface area contributed by atoms with Gasteiger partial charge >= 0.3 is 0 Å². The molecule has 0 saturated heterocycles. The highest BCUT2D eigenvalue weighted by atomic mass is 79.9. The van der Waals surface area contributed by atoms with Crippen LogP contribution in [-0.2, 0) is 0 Å². The van der Waals surface area contributed by atoms with Crippen molar-refractivity contribution in [3.8, 4) is 0 Å². The second-order valence-electron chi connectivity index (χ2n) is 3.45. The van der Waals surface area contributed by atoms with E-state index >= 15 is 0 Å². The molecular weight excluding hydrogens is 240 g/mol. The zero-order valence-corrected chi connectivity index (χ0v) is 10.6. The Morgan fingerprint density at radius 2 is 2.07 bits per heavy atom. The van der Waals surface area contributed by atoms with E-state index in [2.05, 4.69) is 47.0 Å². The van der Waals surface area contributed by atoms with Crippen LogP contribution in [0, 0.1) is 6.92 Å². The number of hydrogen-bond acceptors (Lipinski definition) is 2. The Labute approximate surface area is 94.3 Å². The van der Waals surface area contributed by atoms with Crippen molar-refractivity contribution in [2.45, 2.75) is 39.7 Å². The molecule has 0 atom stereocenters. The fraction of sp³-hybridized carbons (Fsp3) is 0.545. The van der Waals surface area contributed by atoms with Crippen LogP contribution in [0.25, 0.3) is 0 Å². The predicted octanol–water partition coefficient (Wildman–Crippen LogP) is 3.75. The summed E-state index contributed by atoms with van der Waals surface area (Å²) >= 11 is 3.54. The minimum Gasteiger partial charge on any atom is -0.366 e. The molecule has 2 nitrogen and oxygen atoms in total. The smallest absolute Gasteiger partial charge is 0.140 e. The molecule has 0 aliphatic rings. The lowest BCUT2D eigenvalue weighted by Crippen LogP contribution is -2.18. The average molecular weight is 257 g/mol. The first-order chi connectivity index (χ1) is 6.69. The van der Waals surface area contributed by atoms with Gasteiger partial charge in [-0.3, -0.25) is 0 Å². The molecule has 0 spiro atoms. The summed E-state index contributed by atoms with van der Waals surface area (Å²) in [5, 5.41) is 3.43. The summed E-state index contributed by atoms with van der Waals surface area (Å²) in [6, 6.07) is 2.52. The van der Waals surface area contributed by atoms with E-state index in [1.165, 1.54) is 5.56 Å². The molecule has 0 radical (unpaired) electrons. The Hall–Kier alpha value is -0.570. The van der Waals surface area contributed by atoms with Gasteiger partial charge in [0, 0.05) is 12.2 Å². The molecule has 0 saturated carbocycles. The van der Waals surface area contributed by atoms with Crippen molar-refractivity contribution in [1.29, 1.82) is 0 Å². The summed E-state index contributed by atoms with van der Waals surface area (Å²) in [6.07, 6.45) is 4.09. The summed E-state index contributed by atoms with van der Waals surface area (Å²) < 4.78 is 1.08. The average Bonchev–Trinajstić information content (AvgIpc) is 2.20. The number of nitrogens with one attached hydrogen (secondary N) is 1. The van der Waals surface area contributed by atoms with Gasteiger partial charge in [-0.2, -0.15) is 0 Å². The number of aromatic nitrogens is 1. The summed E-state index contributed by atoms with van der Waals surface area (Å²) in [5.74, 6) is 0.957. The van der Waals surface area contributed by atoms with Gasteiger partial charge in [0.1, 0.15) is 5.82 Å². The second kappa shape index (κ2) is 5.35. The summed E-state index contributed by atoms with van der Waals surface area (Å²) in [6.45, 7) is 6.44. The van der Waals surface area contributed by atoms with Gasteiger partial charge in [-0.25, -0.2) is 4.98 Å². The van der Waals surface area contributed by atoms with Crippen LogP contribution in [0.1, 0.15) is 32.3 Å². The number of pyridine rings is 1. The van der Waals surface area contributed by atoms with Crippen LogP contribution >= 0.6 is 15.9 Å². The first kappa shape index (κ1) is 11.5. The van der Waals surface area contributed by atoms with Crippen LogP contribution in [-0.4, -0.2) is 11.0 Å². The fourth-order valence-electron chi connectivity index (χ4n) is 1.33. The molecule has 3 heteroatoms. The molecule has 0 fully saturated rings. The summed E-state index contributed by atoms with van der Waals surface area (Å²) in [5.41, 5.74) is 1.22. The van der Waals surface area contributed by atoms with E-state index in [9.17, 15) is 0 Å². The number of aryl methyl sites for hydroxylation is 1. The van der Waals surface area contributed by atoms with Crippen molar-refractivity contribution in [3.63, 3.8) is 0 Å². The predicted molar refractivity (Wildman–Crippen MR) is 64.7 cm³/mol. The highest BCUT2D eigenvalue weighted by Gasteiger charge is 2.07. The van der Waals surface area contributed by atoms with Crippen LogP contribution in [0.5, 0.6) is 0 Å². The first-order valence-electron chi connectivity index (χ1n) is 5.06. The topological polar surface area (TPSA) is 24.9 Å². The monoisotopic (exact) mass is 256 g/mol. The van der Waals surface area contributed by atoms with Crippen LogP contribution in [0.4, 0.5) is 5.82 Å². The van der Waals surface area contributed by atoms with Gasteiger partial charge in [0.05, 0.1) is 4.47 Å². The van der Waals surface area contributed by atoms with Crippen molar-refractivity contribution < 1.29 is 0 Å². The van der Waals surface area contributed by atoms with Crippen molar-refractivity contribution in [2.75, 3.05) is 5.32 Å². The first-order valence-corrected chi connectivity index (χ1v) is 5.86. The molecule has 0 bridgehead atoms. The minimum atomic E-state index is 0.514. The van der Waals surface area contributed by atoms with Gasteiger partial charge in [0.2, 0.25) is 0 Å². The lowest BCUT2D eigenvalue weighted by molar-refractivity contribution is 0.668. The van der Waals surface area contributed by atoms with E-state index in [1.54, 1.807) is 0 Å². The van der Waals surface area contributed by atoms with Crippen LogP contribution < -0.4 is 5.32 Å². The van der Waals surface area contributed by atoms with E-state index in [4.69, 9.17) is 0 Å². The number of rotatable bonds is 4. The molecule has 1 heterocycles. The van der Waals surface area contributed by atoms with Crippen LogP contribution in [0.15, 0.2) is 16.7 Å². The molecule has 1 rings (SSSR count). The lowest BCUT2D eigenvalue weighted by Gasteiger charge is -2.16. The number of anilines is 1. The third-order valence-electron chi connectivity index (χ3n) is 2.41. The van der Waals surface area contributed by atoms with E-state index in [0.29, 0.717) is 6.04 Å². The third kappa shape index (κ3) is 2.71. The quantitative estimate of drug-likeness (QED) is 0.888. The molecule has 0 unspecified atom stereocenters. The molecule has 0 amide bonds. The standard InChI is InChI=1S/C11H17BrN2/c1-4-9(5-2)14-11-10(12)8(3)6-7-13-11/h6-7,9H,4-5H2,1-3H3,(H,13,14). The molecule has 1 aromatic heterocycles. The normalized spacial score (nSPS) is 10.6. The molecule has 0 aliphatic carbocycles. The maximum absolute atomic E-state index is 4.32. The highest BCUT2D eigenvalue weighted by molar-refractivity contribution is 9.10. The maximum Gasteiger partial charge on any atom is 0.140 e. The summed E-state index contributed by atoms with van der Waals surface area (Å²) in [7, 11) is 0. The maximum atomic E-state index is 4.32. The number of halogens is 1. The minimum absolute atomic E-state index is 0.514. The Morgan fingerprint density at radius 3 is 2.64 bits per heavy atom. The van der Waals surface area contributed by atoms with Crippen molar-refractivity contribution in [1.82, 2.24) is 4.98 Å². The van der Waals surface area contributed by atoms with E-state index in [0.717, 1.165) is 23.1 Å². The van der Waals surface area contributed by atoms with Crippen molar-refractivity contribution in [2.24, 2.45) is 0 Å². The fourth-order valence-corrected chi connectivity index (χ4v) is 1.68. The third-order valence-corrected chi connectivity index (χ3v) is 3.41. The zero-order valence-electron chi connectivity index (χ0n) is 8.97. The second-order valence-corrected chi connectivity index (χ2v) is 4.24. The van der Waals surface area contributed by atoms with Gasteiger partial charge in [0.15, 0.2) is 0 Å². The van der Waals surface area contributed by atoms with Gasteiger partial charge in [-0.15, -0.1) is 0 Å². The Kier molecular flexibility index (Phi) is 4.39. The van der Waals surface area contributed by atoms with Gasteiger partial charge in [0.25, 0.3) is 0 Å². The Bertz CT molecular complexity index is 295. The van der Waals surface area contributed by atoms with E-state index in [1.807, 2.05) is 12.3 Å². The molecule has 78 valence electrons. The van der Waals surface area contributed by atoms with Crippen molar-refractivity contribution >= 4 is 21.7 Å². The molecule has 14 heavy (non-hydrogen) atoms. The number of hydrogen-bond donors (Lipinski definition) is 1. The van der Waals surface area contributed by atoms with E-state index < -0.39 is 0 Å². The molecule has 0 aromatic carbocycles. The van der Waals surface area contributed by atoms with Gasteiger partial charge in [-0.1, -0.05) is 13.8 Å². The summed E-state index contributed by atoms with van der Waals surface area (Å²) in [4.78, 5) is 4.32. The Balaban J connectivity index is 2.80. The van der Waals surface area contributed by atoms with Crippen LogP contribution in [0.3, 0.4) is 0 Å². The van der Waals surface area contributed by atoms with E-state index in [-0.39, 0.29) is 0 Å². The molecular formula is C11H17BrN2.